The lowest BCUT2D eigenvalue weighted by Crippen LogP contribution is -2.15. The number of amides is 1. The zero-order valence-electron chi connectivity index (χ0n) is 15.7. The maximum absolute atomic E-state index is 12.5. The summed E-state index contributed by atoms with van der Waals surface area (Å²) in [5.41, 5.74) is 6.29. The van der Waals surface area contributed by atoms with E-state index in [0.29, 0.717) is 16.5 Å². The molecule has 27 heavy (non-hydrogen) atoms. The second kappa shape index (κ2) is 7.76. The molecule has 0 fully saturated rings. The minimum Gasteiger partial charge on any atom is -0.324 e. The summed E-state index contributed by atoms with van der Waals surface area (Å²) >= 11 is 5.97. The van der Waals surface area contributed by atoms with Gasteiger partial charge in [-0.1, -0.05) is 29.3 Å². The molecule has 3 aromatic rings. The second-order valence-corrected chi connectivity index (χ2v) is 7.04. The molecule has 138 valence electrons. The molecule has 5 nitrogen and oxygen atoms in total. The van der Waals surface area contributed by atoms with Crippen molar-refractivity contribution < 1.29 is 4.79 Å². The largest absolute Gasteiger partial charge is 0.324 e. The smallest absolute Gasteiger partial charge is 0.258 e. The van der Waals surface area contributed by atoms with E-state index in [-0.39, 0.29) is 5.91 Å². The van der Waals surface area contributed by atoms with Gasteiger partial charge in [0.1, 0.15) is 0 Å². The van der Waals surface area contributed by atoms with Gasteiger partial charge in [-0.15, -0.1) is 0 Å². The lowest BCUT2D eigenvalue weighted by Gasteiger charge is -2.13. The van der Waals surface area contributed by atoms with Crippen molar-refractivity contribution in [3.63, 3.8) is 0 Å². The molecule has 0 aliphatic carbocycles. The molecule has 1 amide bonds. The molecule has 0 atom stereocenters. The molecule has 0 aliphatic rings. The molecule has 0 unspecified atom stereocenters. The molecule has 3 rings (SSSR count). The molecular formula is C21H21ClN4O. The summed E-state index contributed by atoms with van der Waals surface area (Å²) in [6, 6.07) is 9.61. The number of carbonyl (C=O) groups excluding carboxylic acids is 1. The lowest BCUT2D eigenvalue weighted by molar-refractivity contribution is 0.102. The van der Waals surface area contributed by atoms with Crippen LogP contribution in [0.2, 0.25) is 5.02 Å². The maximum Gasteiger partial charge on any atom is 0.258 e. The molecular weight excluding hydrogens is 360 g/mol. The van der Waals surface area contributed by atoms with Crippen LogP contribution in [0.15, 0.2) is 42.7 Å². The van der Waals surface area contributed by atoms with E-state index in [1.807, 2.05) is 52.0 Å². The molecule has 1 aromatic heterocycles. The molecule has 0 aliphatic heterocycles. The van der Waals surface area contributed by atoms with Crippen LogP contribution in [0.1, 0.15) is 32.6 Å². The number of aromatic nitrogens is 2. The predicted molar refractivity (Wildman–Crippen MR) is 110 cm³/mol. The summed E-state index contributed by atoms with van der Waals surface area (Å²) in [6.07, 6.45) is 3.02. The topological polar surface area (TPSA) is 66.9 Å². The van der Waals surface area contributed by atoms with Crippen molar-refractivity contribution in [2.45, 2.75) is 27.7 Å². The molecule has 2 N–H and O–H groups in total. The number of carbonyl (C=O) groups is 1. The van der Waals surface area contributed by atoms with E-state index in [4.69, 9.17) is 11.6 Å². The van der Waals surface area contributed by atoms with Crippen molar-refractivity contribution in [2.75, 3.05) is 10.6 Å². The van der Waals surface area contributed by atoms with Crippen LogP contribution in [0.4, 0.5) is 17.3 Å². The molecule has 0 radical (unpaired) electrons. The van der Waals surface area contributed by atoms with E-state index in [1.54, 1.807) is 6.07 Å². The highest BCUT2D eigenvalue weighted by molar-refractivity contribution is 6.30. The molecule has 0 spiro atoms. The van der Waals surface area contributed by atoms with Crippen LogP contribution in [-0.2, 0) is 0 Å². The van der Waals surface area contributed by atoms with Gasteiger partial charge in [0, 0.05) is 28.8 Å². The summed E-state index contributed by atoms with van der Waals surface area (Å²) in [4.78, 5) is 21.0. The van der Waals surface area contributed by atoms with Crippen LogP contribution < -0.4 is 10.6 Å². The Morgan fingerprint density at radius 3 is 2.15 bits per heavy atom. The lowest BCUT2D eigenvalue weighted by atomic mass is 10.0. The van der Waals surface area contributed by atoms with Crippen LogP contribution in [0, 0.1) is 27.7 Å². The monoisotopic (exact) mass is 380 g/mol. The van der Waals surface area contributed by atoms with Gasteiger partial charge in [0.2, 0.25) is 5.95 Å². The second-order valence-electron chi connectivity index (χ2n) is 6.61. The third-order valence-corrected chi connectivity index (χ3v) is 4.50. The van der Waals surface area contributed by atoms with Crippen molar-refractivity contribution in [2.24, 2.45) is 0 Å². The van der Waals surface area contributed by atoms with E-state index in [0.717, 1.165) is 28.1 Å². The summed E-state index contributed by atoms with van der Waals surface area (Å²) < 4.78 is 0. The number of nitrogens with zero attached hydrogens (tertiary/aromatic N) is 2. The summed E-state index contributed by atoms with van der Waals surface area (Å²) in [5, 5.41) is 6.75. The molecule has 0 saturated heterocycles. The van der Waals surface area contributed by atoms with Crippen LogP contribution >= 0.6 is 11.6 Å². The van der Waals surface area contributed by atoms with Gasteiger partial charge in [-0.2, -0.15) is 0 Å². The van der Waals surface area contributed by atoms with Crippen LogP contribution in [-0.4, -0.2) is 15.9 Å². The third kappa shape index (κ3) is 4.44. The van der Waals surface area contributed by atoms with Crippen molar-refractivity contribution in [1.29, 1.82) is 0 Å². The Morgan fingerprint density at radius 1 is 0.926 bits per heavy atom. The molecule has 6 heteroatoms. The van der Waals surface area contributed by atoms with Crippen molar-refractivity contribution >= 4 is 34.8 Å². The summed E-state index contributed by atoms with van der Waals surface area (Å²) in [7, 11) is 0. The zero-order chi connectivity index (χ0) is 19.6. The minimum absolute atomic E-state index is 0.237. The average Bonchev–Trinajstić information content (AvgIpc) is 2.61. The summed E-state index contributed by atoms with van der Waals surface area (Å²) in [5.74, 6) is 0.180. The Labute approximate surface area is 163 Å². The molecule has 2 aromatic carbocycles. The van der Waals surface area contributed by atoms with Crippen molar-refractivity contribution in [3.05, 3.63) is 75.6 Å². The van der Waals surface area contributed by atoms with Crippen molar-refractivity contribution in [3.8, 4) is 0 Å². The quantitative estimate of drug-likeness (QED) is 0.639. The fourth-order valence-corrected chi connectivity index (χ4v) is 3.19. The van der Waals surface area contributed by atoms with Gasteiger partial charge in [-0.05, 0) is 62.6 Å². The van der Waals surface area contributed by atoms with Gasteiger partial charge in [0.05, 0.1) is 5.56 Å². The fraction of sp³-hybridized carbons (Fsp3) is 0.190. The number of benzene rings is 2. The van der Waals surface area contributed by atoms with Crippen LogP contribution in [0.3, 0.4) is 0 Å². The standard InChI is InChI=1S/C21H21ClN4O/c1-12-7-14(3)19(15(4)8-12)26-20(27)16-10-23-21(24-11-16)25-18-6-5-17(22)9-13(18)2/h5-11H,1-4H3,(H,26,27)(H,23,24,25). The van der Waals surface area contributed by atoms with Gasteiger partial charge in [0.15, 0.2) is 0 Å². The maximum atomic E-state index is 12.5. The highest BCUT2D eigenvalue weighted by atomic mass is 35.5. The first-order chi connectivity index (χ1) is 12.8. The summed E-state index contributed by atoms with van der Waals surface area (Å²) in [6.45, 7) is 7.94. The van der Waals surface area contributed by atoms with Gasteiger partial charge >= 0.3 is 0 Å². The van der Waals surface area contributed by atoms with Gasteiger partial charge in [0.25, 0.3) is 5.91 Å². The Morgan fingerprint density at radius 2 is 1.56 bits per heavy atom. The third-order valence-electron chi connectivity index (χ3n) is 4.26. The fourth-order valence-electron chi connectivity index (χ4n) is 2.96. The molecule has 0 bridgehead atoms. The number of anilines is 3. The van der Waals surface area contributed by atoms with Crippen LogP contribution in [0.25, 0.3) is 0 Å². The molecule has 0 saturated carbocycles. The Balaban J connectivity index is 1.74. The average molecular weight is 381 g/mol. The van der Waals surface area contributed by atoms with Crippen LogP contribution in [0.5, 0.6) is 0 Å². The van der Waals surface area contributed by atoms with Gasteiger partial charge in [-0.3, -0.25) is 4.79 Å². The SMILES string of the molecule is Cc1cc(C)c(NC(=O)c2cnc(Nc3ccc(Cl)cc3C)nc2)c(C)c1. The first-order valence-electron chi connectivity index (χ1n) is 8.58. The highest BCUT2D eigenvalue weighted by Crippen LogP contribution is 2.23. The van der Waals surface area contributed by atoms with Crippen molar-refractivity contribution in [1.82, 2.24) is 9.97 Å². The number of hydrogen-bond donors (Lipinski definition) is 2. The highest BCUT2D eigenvalue weighted by Gasteiger charge is 2.12. The Kier molecular flexibility index (Phi) is 5.42. The van der Waals surface area contributed by atoms with E-state index in [2.05, 4.69) is 20.6 Å². The predicted octanol–water partition coefficient (Wildman–Crippen LogP) is 5.36. The minimum atomic E-state index is -0.237. The van der Waals surface area contributed by atoms with E-state index < -0.39 is 0 Å². The normalized spacial score (nSPS) is 10.6. The number of rotatable bonds is 4. The number of hydrogen-bond acceptors (Lipinski definition) is 4. The Bertz CT molecular complexity index is 977. The van der Waals surface area contributed by atoms with E-state index in [1.165, 1.54) is 18.0 Å². The first-order valence-corrected chi connectivity index (χ1v) is 8.95. The van der Waals surface area contributed by atoms with E-state index in [9.17, 15) is 4.79 Å². The Hall–Kier alpha value is -2.92. The number of nitrogens with one attached hydrogen (secondary N) is 2. The van der Waals surface area contributed by atoms with Gasteiger partial charge in [-0.25, -0.2) is 9.97 Å². The van der Waals surface area contributed by atoms with E-state index >= 15 is 0 Å². The molecule has 1 heterocycles. The number of aryl methyl sites for hydroxylation is 4. The zero-order valence-corrected chi connectivity index (χ0v) is 16.5. The first kappa shape index (κ1) is 18.9. The number of halogens is 1. The van der Waals surface area contributed by atoms with Gasteiger partial charge < -0.3 is 10.6 Å².